The van der Waals surface area contributed by atoms with Crippen LogP contribution in [0.1, 0.15) is 51.4 Å². The lowest BCUT2D eigenvalue weighted by molar-refractivity contribution is 0.170. The van der Waals surface area contributed by atoms with Crippen molar-refractivity contribution < 1.29 is 9.84 Å². The van der Waals surface area contributed by atoms with E-state index in [2.05, 4.69) is 30.8 Å². The van der Waals surface area contributed by atoms with E-state index in [0.29, 0.717) is 12.6 Å². The molecule has 0 radical (unpaired) electrons. The van der Waals surface area contributed by atoms with Gasteiger partial charge in [-0.1, -0.05) is 13.8 Å². The van der Waals surface area contributed by atoms with Gasteiger partial charge in [-0.05, 0) is 34.1 Å². The van der Waals surface area contributed by atoms with Gasteiger partial charge in [0.05, 0.1) is 18.8 Å². The summed E-state index contributed by atoms with van der Waals surface area (Å²) in [6.45, 7) is 15.6. The summed E-state index contributed by atoms with van der Waals surface area (Å²) in [5.41, 5.74) is 2.28. The molecule has 1 aromatic heterocycles. The fraction of sp³-hybridized carbons (Fsp3) is 0.812. The molecule has 1 fully saturated rings. The topological polar surface area (TPSA) is 50.5 Å². The van der Waals surface area contributed by atoms with Crippen molar-refractivity contribution in [3.63, 3.8) is 0 Å². The van der Waals surface area contributed by atoms with E-state index < -0.39 is 0 Å². The summed E-state index contributed by atoms with van der Waals surface area (Å²) in [6, 6.07) is 0.290. The van der Waals surface area contributed by atoms with Crippen molar-refractivity contribution in [2.45, 2.75) is 60.1 Å². The van der Waals surface area contributed by atoms with Gasteiger partial charge >= 0.3 is 0 Å². The Morgan fingerprint density at radius 3 is 2.57 bits per heavy atom. The Kier molecular flexibility index (Phi) is 7.18. The number of ether oxygens (including phenoxy) is 1. The molecule has 21 heavy (non-hydrogen) atoms. The second kappa shape index (κ2) is 8.39. The molecule has 2 rings (SSSR count). The molecule has 122 valence electrons. The van der Waals surface area contributed by atoms with Crippen molar-refractivity contribution in [3.8, 4) is 5.88 Å². The summed E-state index contributed by atoms with van der Waals surface area (Å²) in [6.07, 6.45) is 0.722. The number of rotatable bonds is 5. The van der Waals surface area contributed by atoms with Gasteiger partial charge < -0.3 is 9.84 Å². The smallest absolute Gasteiger partial charge is 0.235 e. The fourth-order valence-corrected chi connectivity index (χ4v) is 2.71. The third-order valence-electron chi connectivity index (χ3n) is 3.87. The Bertz CT molecular complexity index is 431. The average Bonchev–Trinajstić information content (AvgIpc) is 3.00. The minimum atomic E-state index is -0.161. The van der Waals surface area contributed by atoms with Gasteiger partial charge in [0.25, 0.3) is 0 Å². The van der Waals surface area contributed by atoms with Crippen LogP contribution in [-0.2, 0) is 0 Å². The Morgan fingerprint density at radius 1 is 1.38 bits per heavy atom. The number of likely N-dealkylation sites (tertiary alicyclic amines) is 1. The minimum Gasteiger partial charge on any atom is -0.477 e. The van der Waals surface area contributed by atoms with Crippen LogP contribution in [-0.4, -0.2) is 52.1 Å². The summed E-state index contributed by atoms with van der Waals surface area (Å²) in [5, 5.41) is 14.1. The first-order valence-electron chi connectivity index (χ1n) is 8.11. The molecular formula is C16H31N3O2. The Hall–Kier alpha value is -1.07. The summed E-state index contributed by atoms with van der Waals surface area (Å²) >= 11 is 0. The van der Waals surface area contributed by atoms with Crippen molar-refractivity contribution in [1.82, 2.24) is 14.7 Å². The molecule has 0 saturated carbocycles. The van der Waals surface area contributed by atoms with Gasteiger partial charge in [-0.15, -0.1) is 5.10 Å². The molecule has 5 nitrogen and oxygen atoms in total. The summed E-state index contributed by atoms with van der Waals surface area (Å²) in [4.78, 5) is 2.30. The number of β-amino-alcohol motifs (C(OH)–C–C–N with tert-alkyl or cyclic N) is 1. The predicted octanol–water partition coefficient (Wildman–Crippen LogP) is 2.55. The minimum absolute atomic E-state index is 0.161. The van der Waals surface area contributed by atoms with Gasteiger partial charge in [-0.2, -0.15) is 0 Å². The Balaban J connectivity index is 0.00000106. The first-order chi connectivity index (χ1) is 10.0. The number of nitrogens with zero attached hydrogens (tertiary/aromatic N) is 3. The predicted molar refractivity (Wildman–Crippen MR) is 86.0 cm³/mol. The largest absolute Gasteiger partial charge is 0.477 e. The monoisotopic (exact) mass is 297 g/mol. The van der Waals surface area contributed by atoms with Crippen LogP contribution in [0.5, 0.6) is 5.88 Å². The molecule has 2 unspecified atom stereocenters. The second-order valence-corrected chi connectivity index (χ2v) is 5.44. The molecule has 1 aromatic rings. The van der Waals surface area contributed by atoms with Crippen LogP contribution in [0.2, 0.25) is 0 Å². The SMILES string of the molecule is CC.CCOc1nn(C(C)CN2CCC(O)C2)c(C)c1C. The Labute approximate surface area is 128 Å². The molecule has 1 aliphatic heterocycles. The van der Waals surface area contributed by atoms with Gasteiger partial charge in [-0.3, -0.25) is 9.58 Å². The molecular weight excluding hydrogens is 266 g/mol. The molecule has 0 aliphatic carbocycles. The molecule has 2 heterocycles. The molecule has 5 heteroatoms. The quantitative estimate of drug-likeness (QED) is 0.907. The highest BCUT2D eigenvalue weighted by Gasteiger charge is 2.23. The van der Waals surface area contributed by atoms with E-state index in [1.165, 1.54) is 0 Å². The third kappa shape index (κ3) is 4.45. The average molecular weight is 297 g/mol. The zero-order valence-electron chi connectivity index (χ0n) is 14.4. The zero-order valence-corrected chi connectivity index (χ0v) is 14.4. The Morgan fingerprint density at radius 2 is 2.05 bits per heavy atom. The van der Waals surface area contributed by atoms with E-state index >= 15 is 0 Å². The zero-order chi connectivity index (χ0) is 16.0. The van der Waals surface area contributed by atoms with Gasteiger partial charge in [0.2, 0.25) is 5.88 Å². The molecule has 0 bridgehead atoms. The van der Waals surface area contributed by atoms with E-state index in [1.54, 1.807) is 0 Å². The number of aliphatic hydroxyl groups excluding tert-OH is 1. The number of aromatic nitrogens is 2. The van der Waals surface area contributed by atoms with Gasteiger partial charge in [0.1, 0.15) is 0 Å². The maximum atomic E-state index is 9.57. The lowest BCUT2D eigenvalue weighted by Crippen LogP contribution is -2.29. The summed E-state index contributed by atoms with van der Waals surface area (Å²) in [7, 11) is 0. The second-order valence-electron chi connectivity index (χ2n) is 5.44. The standard InChI is InChI=1S/C14H25N3O2.C2H6/c1-5-19-14-11(3)12(4)17(15-14)10(2)8-16-7-6-13(18)9-16;1-2/h10,13,18H,5-9H2,1-4H3;1-2H3. The number of hydrogen-bond acceptors (Lipinski definition) is 4. The van der Waals surface area contributed by atoms with Crippen molar-refractivity contribution in [2.24, 2.45) is 0 Å². The number of hydrogen-bond donors (Lipinski definition) is 1. The van der Waals surface area contributed by atoms with Crippen LogP contribution in [0.3, 0.4) is 0 Å². The molecule has 0 aromatic carbocycles. The van der Waals surface area contributed by atoms with Crippen LogP contribution >= 0.6 is 0 Å². The molecule has 2 atom stereocenters. The van der Waals surface area contributed by atoms with Crippen LogP contribution in [0, 0.1) is 13.8 Å². The van der Waals surface area contributed by atoms with Gasteiger partial charge in [-0.25, -0.2) is 0 Å². The highest BCUT2D eigenvalue weighted by Crippen LogP contribution is 2.24. The summed E-state index contributed by atoms with van der Waals surface area (Å²) < 4.78 is 7.60. The number of aliphatic hydroxyl groups is 1. The first-order valence-corrected chi connectivity index (χ1v) is 8.11. The molecule has 0 amide bonds. The van der Waals surface area contributed by atoms with E-state index in [-0.39, 0.29) is 6.10 Å². The highest BCUT2D eigenvalue weighted by atomic mass is 16.5. The maximum absolute atomic E-state index is 9.57. The lowest BCUT2D eigenvalue weighted by atomic mass is 10.2. The van der Waals surface area contributed by atoms with E-state index in [9.17, 15) is 5.11 Å². The third-order valence-corrected chi connectivity index (χ3v) is 3.87. The summed E-state index contributed by atoms with van der Waals surface area (Å²) in [5.74, 6) is 0.744. The van der Waals surface area contributed by atoms with Crippen LogP contribution in [0.4, 0.5) is 0 Å². The van der Waals surface area contributed by atoms with Gasteiger partial charge in [0, 0.05) is 30.9 Å². The van der Waals surface area contributed by atoms with Crippen molar-refractivity contribution in [3.05, 3.63) is 11.3 Å². The fourth-order valence-electron chi connectivity index (χ4n) is 2.71. The van der Waals surface area contributed by atoms with Gasteiger partial charge in [0.15, 0.2) is 0 Å². The van der Waals surface area contributed by atoms with E-state index in [1.807, 2.05) is 25.5 Å². The molecule has 0 spiro atoms. The van der Waals surface area contributed by atoms with Crippen molar-refractivity contribution in [2.75, 3.05) is 26.2 Å². The first kappa shape index (κ1) is 18.0. The van der Waals surface area contributed by atoms with Crippen LogP contribution < -0.4 is 4.74 Å². The normalized spacial score (nSPS) is 20.0. The molecule has 1 saturated heterocycles. The van der Waals surface area contributed by atoms with Crippen LogP contribution in [0.15, 0.2) is 0 Å². The van der Waals surface area contributed by atoms with Crippen molar-refractivity contribution in [1.29, 1.82) is 0 Å². The van der Waals surface area contributed by atoms with Crippen LogP contribution in [0.25, 0.3) is 0 Å². The molecule has 1 N–H and O–H groups in total. The maximum Gasteiger partial charge on any atom is 0.235 e. The molecule has 1 aliphatic rings. The van der Waals surface area contributed by atoms with Crippen molar-refractivity contribution >= 4 is 0 Å². The van der Waals surface area contributed by atoms with E-state index in [0.717, 1.165) is 43.2 Å². The van der Waals surface area contributed by atoms with E-state index in [4.69, 9.17) is 4.74 Å². The highest BCUT2D eigenvalue weighted by molar-refractivity contribution is 5.29. The lowest BCUT2D eigenvalue weighted by Gasteiger charge is -2.21.